The molecule has 0 bridgehead atoms. The van der Waals surface area contributed by atoms with Crippen LogP contribution >= 0.6 is 0 Å². The van der Waals surface area contributed by atoms with Gasteiger partial charge in [-0.25, -0.2) is 0 Å². The van der Waals surface area contributed by atoms with Gasteiger partial charge in [0.05, 0.1) is 17.8 Å². The van der Waals surface area contributed by atoms with Crippen LogP contribution in [0.15, 0.2) is 53.5 Å². The summed E-state index contributed by atoms with van der Waals surface area (Å²) in [5, 5.41) is 3.12. The molecule has 1 aliphatic rings. The largest absolute Gasteiger partial charge is 0.416 e. The van der Waals surface area contributed by atoms with Gasteiger partial charge in [-0.05, 0) is 18.2 Å². The van der Waals surface area contributed by atoms with E-state index in [1.807, 2.05) is 30.3 Å². The number of alkyl halides is 3. The van der Waals surface area contributed by atoms with Crippen molar-refractivity contribution in [2.45, 2.75) is 6.18 Å². The Hall–Kier alpha value is -2.30. The molecule has 3 rings (SSSR count). The number of aliphatic imine (C=N–C) groups is 1. The molecule has 0 saturated carbocycles. The summed E-state index contributed by atoms with van der Waals surface area (Å²) in [7, 11) is 0. The summed E-state index contributed by atoms with van der Waals surface area (Å²) in [6.45, 7) is 1.13. The number of hydrogen-bond acceptors (Lipinski definition) is 2. The van der Waals surface area contributed by atoms with E-state index in [0.29, 0.717) is 30.1 Å². The second kappa shape index (κ2) is 5.24. The van der Waals surface area contributed by atoms with Crippen LogP contribution < -0.4 is 5.32 Å². The maximum absolute atomic E-state index is 12.9. The summed E-state index contributed by atoms with van der Waals surface area (Å²) in [5.41, 5.74) is 1.94. The number of nitrogens with one attached hydrogen (secondary N) is 1. The highest BCUT2D eigenvalue weighted by Crippen LogP contribution is 2.33. The summed E-state index contributed by atoms with van der Waals surface area (Å²) in [6, 6.07) is 13.0. The zero-order valence-electron chi connectivity index (χ0n) is 11.1. The number of nitrogens with zero attached hydrogens (tertiary/aromatic N) is 1. The molecular formula is C16H13F3N2. The van der Waals surface area contributed by atoms with Gasteiger partial charge in [0.25, 0.3) is 0 Å². The van der Waals surface area contributed by atoms with E-state index in [1.54, 1.807) is 0 Å². The van der Waals surface area contributed by atoms with Crippen LogP contribution in [0, 0.1) is 0 Å². The maximum Gasteiger partial charge on any atom is 0.416 e. The summed E-state index contributed by atoms with van der Waals surface area (Å²) < 4.78 is 38.8. The molecule has 2 nitrogen and oxygen atoms in total. The highest BCUT2D eigenvalue weighted by molar-refractivity contribution is 6.16. The summed E-state index contributed by atoms with van der Waals surface area (Å²) in [5.74, 6) is 0. The topological polar surface area (TPSA) is 24.4 Å². The van der Waals surface area contributed by atoms with Crippen molar-refractivity contribution in [1.29, 1.82) is 0 Å². The zero-order chi connectivity index (χ0) is 14.9. The predicted octanol–water partition coefficient (Wildman–Crippen LogP) is 3.97. The van der Waals surface area contributed by atoms with Crippen molar-refractivity contribution in [2.75, 3.05) is 18.4 Å². The van der Waals surface area contributed by atoms with Crippen molar-refractivity contribution in [1.82, 2.24) is 0 Å². The van der Waals surface area contributed by atoms with Crippen LogP contribution in [0.1, 0.15) is 16.7 Å². The molecule has 0 spiro atoms. The van der Waals surface area contributed by atoms with E-state index in [-0.39, 0.29) is 0 Å². The van der Waals surface area contributed by atoms with Crippen LogP contribution in [0.3, 0.4) is 0 Å². The summed E-state index contributed by atoms with van der Waals surface area (Å²) >= 11 is 0. The second-order valence-electron chi connectivity index (χ2n) is 4.78. The molecule has 0 aromatic heterocycles. The number of benzodiazepines with no additional fused rings is 1. The lowest BCUT2D eigenvalue weighted by Gasteiger charge is -2.14. The first kappa shape index (κ1) is 13.7. The average Bonchev–Trinajstić information content (AvgIpc) is 2.69. The van der Waals surface area contributed by atoms with Crippen LogP contribution in [0.5, 0.6) is 0 Å². The van der Waals surface area contributed by atoms with Crippen LogP contribution in [-0.2, 0) is 6.18 Å². The highest BCUT2D eigenvalue weighted by atomic mass is 19.4. The SMILES string of the molecule is FC(F)(F)c1ccc2c(c1)C(c1ccccc1)=NCCN2. The minimum Gasteiger partial charge on any atom is -0.383 e. The van der Waals surface area contributed by atoms with E-state index < -0.39 is 11.7 Å². The van der Waals surface area contributed by atoms with Crippen molar-refractivity contribution in [3.8, 4) is 0 Å². The maximum atomic E-state index is 12.9. The molecule has 2 aromatic rings. The van der Waals surface area contributed by atoms with Crippen molar-refractivity contribution >= 4 is 11.4 Å². The van der Waals surface area contributed by atoms with Gasteiger partial charge in [-0.1, -0.05) is 30.3 Å². The Bertz CT molecular complexity index is 676. The Morgan fingerprint density at radius 3 is 2.48 bits per heavy atom. The fourth-order valence-corrected chi connectivity index (χ4v) is 2.36. The molecule has 0 unspecified atom stereocenters. The minimum atomic E-state index is -4.36. The Morgan fingerprint density at radius 2 is 1.76 bits per heavy atom. The molecule has 0 saturated heterocycles. The van der Waals surface area contributed by atoms with Crippen molar-refractivity contribution in [2.24, 2.45) is 4.99 Å². The molecule has 0 radical (unpaired) electrons. The zero-order valence-corrected chi connectivity index (χ0v) is 11.1. The van der Waals surface area contributed by atoms with Crippen molar-refractivity contribution in [3.05, 3.63) is 65.2 Å². The Labute approximate surface area is 120 Å². The second-order valence-corrected chi connectivity index (χ2v) is 4.78. The van der Waals surface area contributed by atoms with E-state index in [1.165, 1.54) is 12.1 Å². The molecule has 1 N–H and O–H groups in total. The summed E-state index contributed by atoms with van der Waals surface area (Å²) in [4.78, 5) is 4.44. The van der Waals surface area contributed by atoms with Crippen LogP contribution in [0.4, 0.5) is 18.9 Å². The first-order valence-electron chi connectivity index (χ1n) is 6.61. The standard InChI is InChI=1S/C16H13F3N2/c17-16(18,19)12-6-7-14-13(10-12)15(21-9-8-20-14)11-4-2-1-3-5-11/h1-7,10,20H,8-9H2. The van der Waals surface area contributed by atoms with Gasteiger partial charge < -0.3 is 5.32 Å². The monoisotopic (exact) mass is 290 g/mol. The smallest absolute Gasteiger partial charge is 0.383 e. The lowest BCUT2D eigenvalue weighted by Crippen LogP contribution is -2.10. The fourth-order valence-electron chi connectivity index (χ4n) is 2.36. The third kappa shape index (κ3) is 2.77. The van der Waals surface area contributed by atoms with Crippen LogP contribution in [0.2, 0.25) is 0 Å². The van der Waals surface area contributed by atoms with Gasteiger partial charge >= 0.3 is 6.18 Å². The molecule has 0 amide bonds. The molecule has 1 heterocycles. The van der Waals surface area contributed by atoms with Crippen molar-refractivity contribution in [3.63, 3.8) is 0 Å². The normalized spacial score (nSPS) is 14.7. The first-order chi connectivity index (χ1) is 10.1. The highest BCUT2D eigenvalue weighted by Gasteiger charge is 2.31. The Balaban J connectivity index is 2.15. The molecule has 0 fully saturated rings. The molecule has 0 atom stereocenters. The molecule has 1 aliphatic heterocycles. The van der Waals surface area contributed by atoms with Gasteiger partial charge in [0.2, 0.25) is 0 Å². The lowest BCUT2D eigenvalue weighted by atomic mass is 9.98. The van der Waals surface area contributed by atoms with E-state index in [4.69, 9.17) is 0 Å². The molecule has 21 heavy (non-hydrogen) atoms. The fraction of sp³-hybridized carbons (Fsp3) is 0.188. The van der Waals surface area contributed by atoms with E-state index in [2.05, 4.69) is 10.3 Å². The first-order valence-corrected chi connectivity index (χ1v) is 6.61. The third-order valence-corrected chi connectivity index (χ3v) is 3.35. The minimum absolute atomic E-state index is 0.494. The molecule has 2 aromatic carbocycles. The average molecular weight is 290 g/mol. The van der Waals surface area contributed by atoms with Crippen LogP contribution in [0.25, 0.3) is 0 Å². The number of benzene rings is 2. The van der Waals surface area contributed by atoms with Gasteiger partial charge in [0.15, 0.2) is 0 Å². The predicted molar refractivity (Wildman–Crippen MR) is 76.9 cm³/mol. The van der Waals surface area contributed by atoms with Gasteiger partial charge in [0.1, 0.15) is 0 Å². The van der Waals surface area contributed by atoms with Crippen molar-refractivity contribution < 1.29 is 13.2 Å². The van der Waals surface area contributed by atoms with E-state index >= 15 is 0 Å². The van der Waals surface area contributed by atoms with Gasteiger partial charge in [-0.2, -0.15) is 13.2 Å². The molecule has 5 heteroatoms. The Kier molecular flexibility index (Phi) is 3.41. The Morgan fingerprint density at radius 1 is 1.00 bits per heavy atom. The molecular weight excluding hydrogens is 277 g/mol. The quantitative estimate of drug-likeness (QED) is 0.844. The number of rotatable bonds is 1. The number of anilines is 1. The van der Waals surface area contributed by atoms with Gasteiger partial charge in [0, 0.05) is 23.4 Å². The number of hydrogen-bond donors (Lipinski definition) is 1. The van der Waals surface area contributed by atoms with Gasteiger partial charge in [-0.3, -0.25) is 4.99 Å². The van der Waals surface area contributed by atoms with Gasteiger partial charge in [-0.15, -0.1) is 0 Å². The number of halogens is 3. The van der Waals surface area contributed by atoms with Crippen LogP contribution in [-0.4, -0.2) is 18.8 Å². The third-order valence-electron chi connectivity index (χ3n) is 3.35. The molecule has 108 valence electrons. The molecule has 0 aliphatic carbocycles. The number of fused-ring (bicyclic) bond motifs is 1. The van der Waals surface area contributed by atoms with E-state index in [9.17, 15) is 13.2 Å². The van der Waals surface area contributed by atoms with E-state index in [0.717, 1.165) is 11.6 Å². The summed E-state index contributed by atoms with van der Waals surface area (Å²) in [6.07, 6.45) is -4.36. The lowest BCUT2D eigenvalue weighted by molar-refractivity contribution is -0.137.